The number of rotatable bonds is 3. The Morgan fingerprint density at radius 3 is 2.67 bits per heavy atom. The van der Waals surface area contributed by atoms with Gasteiger partial charge in [0.2, 0.25) is 11.9 Å². The van der Waals surface area contributed by atoms with Crippen molar-refractivity contribution >= 4 is 22.9 Å². The van der Waals surface area contributed by atoms with E-state index in [0.717, 1.165) is 6.07 Å². The molecule has 2 aromatic heterocycles. The second-order valence-corrected chi connectivity index (χ2v) is 5.03. The summed E-state index contributed by atoms with van der Waals surface area (Å²) in [4.78, 5) is 30.5. The molecule has 0 aliphatic rings. The third-order valence-electron chi connectivity index (χ3n) is 3.27. The van der Waals surface area contributed by atoms with Gasteiger partial charge in [-0.15, -0.1) is 0 Å². The van der Waals surface area contributed by atoms with E-state index in [-0.39, 0.29) is 5.95 Å². The number of imidazole rings is 1. The van der Waals surface area contributed by atoms with E-state index in [0.29, 0.717) is 27.9 Å². The Morgan fingerprint density at radius 1 is 1.21 bits per heavy atom. The van der Waals surface area contributed by atoms with Crippen LogP contribution in [-0.2, 0) is 17.5 Å². The number of hydrogen-bond donors (Lipinski definition) is 2. The standard InChI is InChI=1S/C15H11F3N4O2/c16-15(17,18)9-5-6-13(24)22(7-9)8-12(23)21-14-19-10-3-1-2-4-11(10)20-14/h1-7H,8H2,(H2,19,20,21,23). The van der Waals surface area contributed by atoms with Crippen LogP contribution in [0.25, 0.3) is 11.0 Å². The lowest BCUT2D eigenvalue weighted by Gasteiger charge is -2.10. The minimum atomic E-state index is -4.59. The number of aromatic nitrogens is 3. The van der Waals surface area contributed by atoms with Crippen LogP contribution < -0.4 is 10.9 Å². The van der Waals surface area contributed by atoms with Crippen molar-refractivity contribution in [3.63, 3.8) is 0 Å². The summed E-state index contributed by atoms with van der Waals surface area (Å²) in [5.41, 5.74) is -0.380. The van der Waals surface area contributed by atoms with Crippen LogP contribution in [0.1, 0.15) is 5.56 Å². The smallest absolute Gasteiger partial charge is 0.324 e. The highest BCUT2D eigenvalue weighted by atomic mass is 19.4. The second-order valence-electron chi connectivity index (χ2n) is 5.03. The molecule has 0 atom stereocenters. The molecule has 3 aromatic rings. The van der Waals surface area contributed by atoms with Gasteiger partial charge in [0.1, 0.15) is 6.54 Å². The molecule has 0 aliphatic heterocycles. The molecule has 1 aromatic carbocycles. The van der Waals surface area contributed by atoms with Crippen molar-refractivity contribution in [2.45, 2.75) is 12.7 Å². The molecule has 0 saturated heterocycles. The Bertz CT molecular complexity index is 926. The van der Waals surface area contributed by atoms with Gasteiger partial charge in [0.15, 0.2) is 0 Å². The van der Waals surface area contributed by atoms with E-state index < -0.39 is 29.8 Å². The first-order valence-electron chi connectivity index (χ1n) is 6.85. The third-order valence-corrected chi connectivity index (χ3v) is 3.27. The molecule has 0 spiro atoms. The van der Waals surface area contributed by atoms with Gasteiger partial charge in [0, 0.05) is 12.3 Å². The first kappa shape index (κ1) is 15.8. The Labute approximate surface area is 132 Å². The molecule has 0 aliphatic carbocycles. The molecule has 2 N–H and O–H groups in total. The van der Waals surface area contributed by atoms with Gasteiger partial charge in [-0.2, -0.15) is 13.2 Å². The largest absolute Gasteiger partial charge is 0.417 e. The van der Waals surface area contributed by atoms with Crippen molar-refractivity contribution in [1.29, 1.82) is 0 Å². The van der Waals surface area contributed by atoms with E-state index in [4.69, 9.17) is 0 Å². The maximum Gasteiger partial charge on any atom is 0.417 e. The summed E-state index contributed by atoms with van der Waals surface area (Å²) in [5, 5.41) is 2.42. The molecule has 0 unspecified atom stereocenters. The fourth-order valence-electron chi connectivity index (χ4n) is 2.16. The molecular formula is C15H11F3N4O2. The highest BCUT2D eigenvalue weighted by molar-refractivity contribution is 5.90. The van der Waals surface area contributed by atoms with Gasteiger partial charge in [-0.05, 0) is 18.2 Å². The summed E-state index contributed by atoms with van der Waals surface area (Å²) in [7, 11) is 0. The molecule has 2 heterocycles. The van der Waals surface area contributed by atoms with E-state index in [1.807, 2.05) is 0 Å². The van der Waals surface area contributed by atoms with E-state index >= 15 is 0 Å². The average Bonchev–Trinajstić information content (AvgIpc) is 2.90. The molecule has 6 nitrogen and oxygen atoms in total. The summed E-state index contributed by atoms with van der Waals surface area (Å²) in [6.07, 6.45) is -3.98. The van der Waals surface area contributed by atoms with Crippen molar-refractivity contribution in [1.82, 2.24) is 14.5 Å². The minimum absolute atomic E-state index is 0.154. The lowest BCUT2D eigenvalue weighted by Crippen LogP contribution is -2.28. The fraction of sp³-hybridized carbons (Fsp3) is 0.133. The van der Waals surface area contributed by atoms with E-state index in [2.05, 4.69) is 15.3 Å². The lowest BCUT2D eigenvalue weighted by atomic mass is 10.3. The average molecular weight is 336 g/mol. The topological polar surface area (TPSA) is 79.8 Å². The lowest BCUT2D eigenvalue weighted by molar-refractivity contribution is -0.138. The predicted octanol–water partition coefficient (Wildman–Crippen LogP) is 2.38. The SMILES string of the molecule is O=C(Cn1cc(C(F)(F)F)ccc1=O)Nc1nc2ccccc2[nH]1. The first-order valence-corrected chi connectivity index (χ1v) is 6.85. The predicted molar refractivity (Wildman–Crippen MR) is 80.4 cm³/mol. The maximum absolute atomic E-state index is 12.7. The number of halogens is 3. The summed E-state index contributed by atoms with van der Waals surface area (Å²) in [6.45, 7) is -0.556. The van der Waals surface area contributed by atoms with Crippen LogP contribution in [0.15, 0.2) is 47.4 Å². The Morgan fingerprint density at radius 2 is 1.96 bits per heavy atom. The number of fused-ring (bicyclic) bond motifs is 1. The molecule has 24 heavy (non-hydrogen) atoms. The maximum atomic E-state index is 12.7. The van der Waals surface area contributed by atoms with E-state index in [9.17, 15) is 22.8 Å². The number of anilines is 1. The van der Waals surface area contributed by atoms with Crippen molar-refractivity contribution in [2.24, 2.45) is 0 Å². The molecule has 3 rings (SSSR count). The monoisotopic (exact) mass is 336 g/mol. The zero-order valence-electron chi connectivity index (χ0n) is 12.1. The highest BCUT2D eigenvalue weighted by Gasteiger charge is 2.31. The molecule has 0 radical (unpaired) electrons. The zero-order valence-corrected chi connectivity index (χ0v) is 12.1. The van der Waals surface area contributed by atoms with Gasteiger partial charge in [-0.25, -0.2) is 4.98 Å². The second kappa shape index (κ2) is 5.84. The number of nitrogens with zero attached hydrogens (tertiary/aromatic N) is 2. The molecule has 0 bridgehead atoms. The summed E-state index contributed by atoms with van der Waals surface area (Å²) in [5.74, 6) is -0.517. The van der Waals surface area contributed by atoms with Gasteiger partial charge in [-0.1, -0.05) is 12.1 Å². The number of H-pyrrole nitrogens is 1. The number of pyridine rings is 1. The number of para-hydroxylation sites is 2. The number of amides is 1. The van der Waals surface area contributed by atoms with Gasteiger partial charge in [-0.3, -0.25) is 14.9 Å². The van der Waals surface area contributed by atoms with Crippen LogP contribution in [0.4, 0.5) is 19.1 Å². The van der Waals surface area contributed by atoms with Crippen LogP contribution in [-0.4, -0.2) is 20.4 Å². The Hall–Kier alpha value is -3.10. The van der Waals surface area contributed by atoms with Crippen LogP contribution in [0, 0.1) is 0 Å². The Kier molecular flexibility index (Phi) is 3.84. The quantitative estimate of drug-likeness (QED) is 0.771. The molecule has 124 valence electrons. The highest BCUT2D eigenvalue weighted by Crippen LogP contribution is 2.28. The number of aromatic amines is 1. The molecule has 0 saturated carbocycles. The molecular weight excluding hydrogens is 325 g/mol. The molecule has 9 heteroatoms. The zero-order chi connectivity index (χ0) is 17.3. The van der Waals surface area contributed by atoms with Crippen molar-refractivity contribution in [3.05, 3.63) is 58.5 Å². The Balaban J connectivity index is 1.78. The first-order chi connectivity index (χ1) is 11.3. The summed E-state index contributed by atoms with van der Waals surface area (Å²) >= 11 is 0. The van der Waals surface area contributed by atoms with E-state index in [1.165, 1.54) is 0 Å². The number of hydrogen-bond acceptors (Lipinski definition) is 3. The third kappa shape index (κ3) is 3.29. The summed E-state index contributed by atoms with van der Waals surface area (Å²) in [6, 6.07) is 8.51. The van der Waals surface area contributed by atoms with Crippen LogP contribution in [0.5, 0.6) is 0 Å². The van der Waals surface area contributed by atoms with Crippen molar-refractivity contribution in [3.8, 4) is 0 Å². The number of alkyl halides is 3. The van der Waals surface area contributed by atoms with Crippen molar-refractivity contribution < 1.29 is 18.0 Å². The summed E-state index contributed by atoms with van der Waals surface area (Å²) < 4.78 is 38.7. The molecule has 0 fully saturated rings. The van der Waals surface area contributed by atoms with Gasteiger partial charge >= 0.3 is 6.18 Å². The van der Waals surface area contributed by atoms with Crippen LogP contribution in [0.2, 0.25) is 0 Å². The van der Waals surface area contributed by atoms with Crippen LogP contribution in [0.3, 0.4) is 0 Å². The fourth-order valence-corrected chi connectivity index (χ4v) is 2.16. The van der Waals surface area contributed by atoms with Gasteiger partial charge < -0.3 is 9.55 Å². The van der Waals surface area contributed by atoms with Gasteiger partial charge in [0.05, 0.1) is 16.6 Å². The number of nitrogens with one attached hydrogen (secondary N) is 2. The minimum Gasteiger partial charge on any atom is -0.324 e. The van der Waals surface area contributed by atoms with Gasteiger partial charge in [0.25, 0.3) is 5.56 Å². The van der Waals surface area contributed by atoms with Crippen molar-refractivity contribution in [2.75, 3.05) is 5.32 Å². The molecule has 1 amide bonds. The normalized spacial score (nSPS) is 11.6. The van der Waals surface area contributed by atoms with Crippen LogP contribution >= 0.6 is 0 Å². The number of carbonyl (C=O) groups excluding carboxylic acids is 1. The van der Waals surface area contributed by atoms with E-state index in [1.54, 1.807) is 24.3 Å². The number of benzene rings is 1. The number of carbonyl (C=O) groups is 1.